The maximum absolute atomic E-state index is 6.30. The topological polar surface area (TPSA) is 21.3 Å². The molecule has 0 bridgehead atoms. The van der Waals surface area contributed by atoms with Gasteiger partial charge in [-0.1, -0.05) is 39.3 Å². The van der Waals surface area contributed by atoms with Crippen LogP contribution in [-0.2, 0) is 0 Å². The highest BCUT2D eigenvalue weighted by atomic mass is 16.5. The maximum atomic E-state index is 6.30. The Hall–Kier alpha value is -1.18. The molecule has 1 saturated carbocycles. The Labute approximate surface area is 122 Å². The molecule has 0 spiro atoms. The van der Waals surface area contributed by atoms with Crippen molar-refractivity contribution in [2.45, 2.75) is 65.5 Å². The molecule has 0 radical (unpaired) electrons. The molecule has 1 fully saturated rings. The van der Waals surface area contributed by atoms with Gasteiger partial charge in [-0.25, -0.2) is 0 Å². The van der Waals surface area contributed by atoms with Gasteiger partial charge in [0.15, 0.2) is 0 Å². The first-order chi connectivity index (χ1) is 9.51. The van der Waals surface area contributed by atoms with Crippen molar-refractivity contribution in [3.63, 3.8) is 0 Å². The number of fused-ring (bicyclic) bond motifs is 2. The molecule has 2 nitrogen and oxygen atoms in total. The first-order valence-electron chi connectivity index (χ1n) is 8.04. The molecule has 1 aliphatic carbocycles. The van der Waals surface area contributed by atoms with Crippen LogP contribution in [0.25, 0.3) is 0 Å². The molecular formula is C18H27NO. The Balaban J connectivity index is 1.80. The van der Waals surface area contributed by atoms with Crippen LogP contribution in [0.5, 0.6) is 5.75 Å². The molecule has 1 heterocycles. The van der Waals surface area contributed by atoms with Crippen molar-refractivity contribution in [3.8, 4) is 5.75 Å². The monoisotopic (exact) mass is 273 g/mol. The van der Waals surface area contributed by atoms with Crippen molar-refractivity contribution in [2.75, 3.05) is 5.32 Å². The molecule has 0 saturated heterocycles. The Kier molecular flexibility index (Phi) is 3.43. The smallest absolute Gasteiger partial charge is 0.145 e. The molecule has 1 aromatic rings. The van der Waals surface area contributed by atoms with E-state index in [1.807, 2.05) is 0 Å². The number of rotatable bonds is 2. The average molecular weight is 273 g/mol. The minimum atomic E-state index is 0.354. The van der Waals surface area contributed by atoms with E-state index in [1.165, 1.54) is 36.9 Å². The predicted molar refractivity (Wildman–Crippen MR) is 84.4 cm³/mol. The van der Waals surface area contributed by atoms with E-state index in [0.717, 1.165) is 11.7 Å². The van der Waals surface area contributed by atoms with Gasteiger partial charge in [0, 0.05) is 0 Å². The van der Waals surface area contributed by atoms with E-state index in [2.05, 4.69) is 51.2 Å². The Morgan fingerprint density at radius 3 is 2.85 bits per heavy atom. The molecule has 1 N–H and O–H groups in total. The number of ether oxygens (including phenoxy) is 1. The van der Waals surface area contributed by atoms with Crippen molar-refractivity contribution >= 4 is 5.69 Å². The Morgan fingerprint density at radius 2 is 2.10 bits per heavy atom. The zero-order valence-corrected chi connectivity index (χ0v) is 13.2. The summed E-state index contributed by atoms with van der Waals surface area (Å²) in [6, 6.07) is 6.87. The van der Waals surface area contributed by atoms with E-state index < -0.39 is 0 Å². The number of hydrogen-bond donors (Lipinski definition) is 1. The van der Waals surface area contributed by atoms with Crippen LogP contribution in [-0.4, -0.2) is 12.1 Å². The Bertz CT molecular complexity index is 494. The molecule has 110 valence electrons. The summed E-state index contributed by atoms with van der Waals surface area (Å²) in [5.41, 5.74) is 2.87. The van der Waals surface area contributed by atoms with E-state index in [1.54, 1.807) is 0 Å². The summed E-state index contributed by atoms with van der Waals surface area (Å²) in [7, 11) is 0. The first kappa shape index (κ1) is 13.8. The number of hydrogen-bond acceptors (Lipinski definition) is 2. The Morgan fingerprint density at radius 1 is 1.30 bits per heavy atom. The summed E-state index contributed by atoms with van der Waals surface area (Å²) in [5, 5.41) is 3.74. The van der Waals surface area contributed by atoms with Crippen LogP contribution in [0.15, 0.2) is 18.2 Å². The van der Waals surface area contributed by atoms with Crippen LogP contribution in [0.1, 0.15) is 52.0 Å². The highest BCUT2D eigenvalue weighted by molar-refractivity contribution is 5.62. The van der Waals surface area contributed by atoms with Gasteiger partial charge in [-0.05, 0) is 49.1 Å². The second kappa shape index (κ2) is 4.98. The van der Waals surface area contributed by atoms with Gasteiger partial charge in [-0.3, -0.25) is 0 Å². The summed E-state index contributed by atoms with van der Waals surface area (Å²) in [6.45, 7) is 9.28. The summed E-state index contributed by atoms with van der Waals surface area (Å²) in [4.78, 5) is 0. The van der Waals surface area contributed by atoms with E-state index in [4.69, 9.17) is 4.74 Å². The lowest BCUT2D eigenvalue weighted by atomic mass is 9.67. The lowest BCUT2D eigenvalue weighted by Gasteiger charge is -2.45. The van der Waals surface area contributed by atoms with Crippen LogP contribution in [0.3, 0.4) is 0 Å². The van der Waals surface area contributed by atoms with Crippen molar-refractivity contribution in [1.82, 2.24) is 0 Å². The maximum Gasteiger partial charge on any atom is 0.145 e. The summed E-state index contributed by atoms with van der Waals surface area (Å²) >= 11 is 0. The van der Waals surface area contributed by atoms with Gasteiger partial charge in [-0.2, -0.15) is 0 Å². The summed E-state index contributed by atoms with van der Waals surface area (Å²) < 4.78 is 6.30. The minimum Gasteiger partial charge on any atom is -0.486 e. The molecule has 2 aliphatic rings. The van der Waals surface area contributed by atoms with Gasteiger partial charge in [0.25, 0.3) is 0 Å². The molecule has 3 unspecified atom stereocenters. The quantitative estimate of drug-likeness (QED) is 0.838. The third-order valence-electron chi connectivity index (χ3n) is 5.63. The van der Waals surface area contributed by atoms with Gasteiger partial charge in [0.05, 0.1) is 11.7 Å². The lowest BCUT2D eigenvalue weighted by Crippen LogP contribution is -2.48. The fourth-order valence-electron chi connectivity index (χ4n) is 3.71. The van der Waals surface area contributed by atoms with Gasteiger partial charge in [0.2, 0.25) is 0 Å². The molecule has 3 rings (SSSR count). The average Bonchev–Trinajstić information content (AvgIpc) is 2.45. The molecule has 3 atom stereocenters. The van der Waals surface area contributed by atoms with E-state index >= 15 is 0 Å². The summed E-state index contributed by atoms with van der Waals surface area (Å²) in [6.07, 6.45) is 5.32. The first-order valence-corrected chi connectivity index (χ1v) is 8.04. The van der Waals surface area contributed by atoms with Crippen molar-refractivity contribution in [2.24, 2.45) is 11.3 Å². The van der Waals surface area contributed by atoms with Gasteiger partial charge >= 0.3 is 0 Å². The molecule has 1 aliphatic heterocycles. The highest BCUT2D eigenvalue weighted by Crippen LogP contribution is 2.45. The SMILES string of the molecule is CCC(C)(C)C1CCC2Oc3c(C)cccc3NC2C1. The lowest BCUT2D eigenvalue weighted by molar-refractivity contribution is 0.0608. The molecule has 2 heteroatoms. The van der Waals surface area contributed by atoms with E-state index in [0.29, 0.717) is 17.6 Å². The number of para-hydroxylation sites is 1. The van der Waals surface area contributed by atoms with Crippen LogP contribution in [0.2, 0.25) is 0 Å². The minimum absolute atomic E-state index is 0.354. The molecule has 0 aromatic heterocycles. The normalized spacial score (nSPS) is 28.9. The standard InChI is InChI=1S/C18H27NO/c1-5-18(3,4)13-9-10-16-15(11-13)19-14-8-6-7-12(2)17(14)20-16/h6-8,13,15-16,19H,5,9-11H2,1-4H3. The molecular weight excluding hydrogens is 246 g/mol. The van der Waals surface area contributed by atoms with Crippen molar-refractivity contribution < 1.29 is 4.74 Å². The van der Waals surface area contributed by atoms with Crippen molar-refractivity contribution in [3.05, 3.63) is 23.8 Å². The molecule has 1 aromatic carbocycles. The van der Waals surface area contributed by atoms with Crippen LogP contribution < -0.4 is 10.1 Å². The molecule has 0 amide bonds. The number of benzene rings is 1. The third-order valence-corrected chi connectivity index (χ3v) is 5.63. The molecule has 20 heavy (non-hydrogen) atoms. The van der Waals surface area contributed by atoms with E-state index in [9.17, 15) is 0 Å². The third kappa shape index (κ3) is 2.30. The largest absolute Gasteiger partial charge is 0.486 e. The second-order valence-electron chi connectivity index (χ2n) is 7.21. The van der Waals surface area contributed by atoms with Gasteiger partial charge in [0.1, 0.15) is 11.9 Å². The van der Waals surface area contributed by atoms with Crippen LogP contribution in [0, 0.1) is 18.3 Å². The predicted octanol–water partition coefficient (Wildman–Crippen LogP) is 4.77. The number of nitrogens with one attached hydrogen (secondary N) is 1. The van der Waals surface area contributed by atoms with Crippen molar-refractivity contribution in [1.29, 1.82) is 0 Å². The number of anilines is 1. The van der Waals surface area contributed by atoms with Gasteiger partial charge < -0.3 is 10.1 Å². The number of aryl methyl sites for hydroxylation is 1. The van der Waals surface area contributed by atoms with Gasteiger partial charge in [-0.15, -0.1) is 0 Å². The second-order valence-corrected chi connectivity index (χ2v) is 7.21. The fraction of sp³-hybridized carbons (Fsp3) is 0.667. The summed E-state index contributed by atoms with van der Waals surface area (Å²) in [5.74, 6) is 1.87. The zero-order valence-electron chi connectivity index (χ0n) is 13.2. The van der Waals surface area contributed by atoms with Crippen LogP contribution >= 0.6 is 0 Å². The van der Waals surface area contributed by atoms with E-state index in [-0.39, 0.29) is 0 Å². The highest BCUT2D eigenvalue weighted by Gasteiger charge is 2.40. The fourth-order valence-corrected chi connectivity index (χ4v) is 3.71. The zero-order chi connectivity index (χ0) is 14.3. The van der Waals surface area contributed by atoms with Crippen LogP contribution in [0.4, 0.5) is 5.69 Å².